The minimum absolute atomic E-state index is 0.0250. The third kappa shape index (κ3) is 7.91. The van der Waals surface area contributed by atoms with E-state index in [1.165, 1.54) is 9.21 Å². The van der Waals surface area contributed by atoms with Gasteiger partial charge in [0.25, 0.3) is 0 Å². The number of anilines is 1. The Morgan fingerprint density at radius 3 is 2.32 bits per heavy atom. The molecular weight excluding hydrogens is 553 g/mol. The van der Waals surface area contributed by atoms with Crippen LogP contribution in [0.1, 0.15) is 39.2 Å². The molecule has 0 aliphatic carbocycles. The molecule has 0 saturated carbocycles. The highest BCUT2D eigenvalue weighted by molar-refractivity contribution is 7.92. The first-order valence-electron chi connectivity index (χ1n) is 12.3. The molecule has 0 radical (unpaired) electrons. The Hall–Kier alpha value is -2.69. The number of hydrogen-bond donors (Lipinski definition) is 1. The monoisotopic (exact) mass is 585 g/mol. The molecule has 1 heterocycles. The summed E-state index contributed by atoms with van der Waals surface area (Å²) in [6.45, 7) is 6.35. The number of carbonyl (C=O) groups excluding carboxylic acids is 2. The standard InChI is InChI=1S/C26H33Cl2N3O6S/c1-17(2)29-26(33)18(3)30(16-19-7-9-21(27)22(28)14-19)25(32)6-5-11-31(38(4,34)35)20-8-10-23-24(15-20)37-13-12-36-23/h7-10,14-15,17-18H,5-6,11-13,16H2,1-4H3,(H,29,33)/t18-/m1/s1. The predicted molar refractivity (Wildman–Crippen MR) is 149 cm³/mol. The highest BCUT2D eigenvalue weighted by atomic mass is 35.5. The van der Waals surface area contributed by atoms with E-state index in [4.69, 9.17) is 32.7 Å². The molecule has 1 aliphatic rings. The number of halogens is 2. The van der Waals surface area contributed by atoms with E-state index in [-0.39, 0.29) is 43.8 Å². The van der Waals surface area contributed by atoms with Crippen LogP contribution in [-0.4, -0.2) is 63.2 Å². The molecule has 0 fully saturated rings. The fourth-order valence-corrected chi connectivity index (χ4v) is 5.29. The van der Waals surface area contributed by atoms with Crippen molar-refractivity contribution in [2.24, 2.45) is 0 Å². The second kappa shape index (κ2) is 12.9. The molecule has 2 amide bonds. The fourth-order valence-electron chi connectivity index (χ4n) is 4.01. The van der Waals surface area contributed by atoms with Crippen molar-refractivity contribution in [3.63, 3.8) is 0 Å². The molecule has 3 rings (SSSR count). The van der Waals surface area contributed by atoms with Crippen molar-refractivity contribution in [1.82, 2.24) is 10.2 Å². The van der Waals surface area contributed by atoms with Crippen LogP contribution >= 0.6 is 23.2 Å². The zero-order chi connectivity index (χ0) is 28.0. The summed E-state index contributed by atoms with van der Waals surface area (Å²) >= 11 is 12.2. The van der Waals surface area contributed by atoms with E-state index in [9.17, 15) is 18.0 Å². The molecule has 0 bridgehead atoms. The molecule has 1 aliphatic heterocycles. The van der Waals surface area contributed by atoms with Gasteiger partial charge in [-0.2, -0.15) is 0 Å². The minimum atomic E-state index is -3.64. The number of hydrogen-bond acceptors (Lipinski definition) is 6. The van der Waals surface area contributed by atoms with Gasteiger partial charge < -0.3 is 19.7 Å². The van der Waals surface area contributed by atoms with E-state index in [1.54, 1.807) is 43.3 Å². The van der Waals surface area contributed by atoms with E-state index in [1.807, 2.05) is 13.8 Å². The normalized spacial score (nSPS) is 13.7. The number of nitrogens with one attached hydrogen (secondary N) is 1. The Balaban J connectivity index is 1.75. The Labute approximate surface area is 234 Å². The number of rotatable bonds is 11. The van der Waals surface area contributed by atoms with E-state index in [0.29, 0.717) is 46.0 Å². The molecule has 1 N–H and O–H groups in total. The second-order valence-corrected chi connectivity index (χ2v) is 12.1. The van der Waals surface area contributed by atoms with Gasteiger partial charge in [-0.1, -0.05) is 29.3 Å². The van der Waals surface area contributed by atoms with Gasteiger partial charge >= 0.3 is 0 Å². The molecule has 12 heteroatoms. The molecule has 2 aromatic carbocycles. The van der Waals surface area contributed by atoms with Gasteiger partial charge in [0.1, 0.15) is 19.3 Å². The number of sulfonamides is 1. The Kier molecular flexibility index (Phi) is 10.1. The lowest BCUT2D eigenvalue weighted by atomic mass is 10.1. The van der Waals surface area contributed by atoms with E-state index >= 15 is 0 Å². The van der Waals surface area contributed by atoms with Crippen molar-refractivity contribution in [3.8, 4) is 11.5 Å². The number of benzene rings is 2. The largest absolute Gasteiger partial charge is 0.486 e. The average molecular weight is 587 g/mol. The molecule has 0 aromatic heterocycles. The summed E-state index contributed by atoms with van der Waals surface area (Å²) in [5, 5.41) is 3.57. The molecule has 1 atom stereocenters. The summed E-state index contributed by atoms with van der Waals surface area (Å²) in [6, 6.07) is 9.11. The van der Waals surface area contributed by atoms with Crippen LogP contribution in [0.15, 0.2) is 36.4 Å². The summed E-state index contributed by atoms with van der Waals surface area (Å²) in [5.74, 6) is 0.437. The Morgan fingerprint density at radius 1 is 1.00 bits per heavy atom. The van der Waals surface area contributed by atoms with Gasteiger partial charge in [-0.15, -0.1) is 0 Å². The molecule has 208 valence electrons. The second-order valence-electron chi connectivity index (χ2n) is 9.38. The summed E-state index contributed by atoms with van der Waals surface area (Å²) in [6.07, 6.45) is 1.37. The van der Waals surface area contributed by atoms with Gasteiger partial charge in [0, 0.05) is 31.6 Å². The van der Waals surface area contributed by atoms with E-state index < -0.39 is 16.1 Å². The summed E-state index contributed by atoms with van der Waals surface area (Å²) in [4.78, 5) is 27.6. The van der Waals surface area contributed by atoms with Crippen LogP contribution in [0.3, 0.4) is 0 Å². The topological polar surface area (TPSA) is 105 Å². The lowest BCUT2D eigenvalue weighted by molar-refractivity contribution is -0.140. The predicted octanol–water partition coefficient (Wildman–Crippen LogP) is 4.25. The fraction of sp³-hybridized carbons (Fsp3) is 0.462. The van der Waals surface area contributed by atoms with Gasteiger partial charge in [-0.25, -0.2) is 8.42 Å². The highest BCUT2D eigenvalue weighted by Crippen LogP contribution is 2.35. The number of fused-ring (bicyclic) bond motifs is 1. The van der Waals surface area contributed by atoms with Crippen LogP contribution in [0.5, 0.6) is 11.5 Å². The average Bonchev–Trinajstić information content (AvgIpc) is 2.85. The maximum Gasteiger partial charge on any atom is 0.242 e. The van der Waals surface area contributed by atoms with Crippen molar-refractivity contribution in [1.29, 1.82) is 0 Å². The van der Waals surface area contributed by atoms with Crippen LogP contribution in [0.2, 0.25) is 10.0 Å². The number of nitrogens with zero attached hydrogens (tertiary/aromatic N) is 2. The zero-order valence-electron chi connectivity index (χ0n) is 21.9. The summed E-state index contributed by atoms with van der Waals surface area (Å²) in [5.41, 5.74) is 1.13. The quantitative estimate of drug-likeness (QED) is 0.422. The SMILES string of the molecule is CC(C)NC(=O)[C@@H](C)N(Cc1ccc(Cl)c(Cl)c1)C(=O)CCCN(c1ccc2c(c1)OCCO2)S(C)(=O)=O. The Bertz CT molecular complexity index is 1270. The summed E-state index contributed by atoms with van der Waals surface area (Å²) in [7, 11) is -3.64. The molecule has 38 heavy (non-hydrogen) atoms. The molecule has 0 saturated heterocycles. The highest BCUT2D eigenvalue weighted by Gasteiger charge is 2.27. The lowest BCUT2D eigenvalue weighted by Gasteiger charge is -2.30. The van der Waals surface area contributed by atoms with Crippen molar-refractivity contribution >= 4 is 50.7 Å². The van der Waals surface area contributed by atoms with Crippen molar-refractivity contribution in [2.75, 3.05) is 30.3 Å². The van der Waals surface area contributed by atoms with Crippen LogP contribution < -0.4 is 19.1 Å². The van der Waals surface area contributed by atoms with Crippen LogP contribution in [0, 0.1) is 0 Å². The van der Waals surface area contributed by atoms with Gasteiger partial charge in [0.2, 0.25) is 21.8 Å². The lowest BCUT2D eigenvalue weighted by Crippen LogP contribution is -2.49. The maximum absolute atomic E-state index is 13.4. The molecule has 9 nitrogen and oxygen atoms in total. The minimum Gasteiger partial charge on any atom is -0.486 e. The Morgan fingerprint density at radius 2 is 1.68 bits per heavy atom. The third-order valence-corrected chi connectivity index (χ3v) is 7.83. The zero-order valence-corrected chi connectivity index (χ0v) is 24.2. The molecular formula is C26H33Cl2N3O6S. The molecule has 2 aromatic rings. The summed E-state index contributed by atoms with van der Waals surface area (Å²) < 4.78 is 37.5. The van der Waals surface area contributed by atoms with Gasteiger partial charge in [0.15, 0.2) is 11.5 Å². The van der Waals surface area contributed by atoms with Crippen molar-refractivity contribution in [3.05, 3.63) is 52.0 Å². The van der Waals surface area contributed by atoms with E-state index in [0.717, 1.165) is 6.26 Å². The number of carbonyl (C=O) groups is 2. The molecule has 0 unspecified atom stereocenters. The number of amides is 2. The van der Waals surface area contributed by atoms with Crippen molar-refractivity contribution in [2.45, 2.75) is 52.2 Å². The van der Waals surface area contributed by atoms with Gasteiger partial charge in [-0.3, -0.25) is 13.9 Å². The van der Waals surface area contributed by atoms with Crippen LogP contribution in [0.4, 0.5) is 5.69 Å². The number of ether oxygens (including phenoxy) is 2. The van der Waals surface area contributed by atoms with Gasteiger partial charge in [-0.05, 0) is 57.0 Å². The first-order chi connectivity index (χ1) is 17.9. The first kappa shape index (κ1) is 29.9. The van der Waals surface area contributed by atoms with E-state index in [2.05, 4.69) is 5.32 Å². The molecule has 0 spiro atoms. The third-order valence-electron chi connectivity index (χ3n) is 5.90. The smallest absolute Gasteiger partial charge is 0.242 e. The van der Waals surface area contributed by atoms with Gasteiger partial charge in [0.05, 0.1) is 22.0 Å². The maximum atomic E-state index is 13.4. The first-order valence-corrected chi connectivity index (χ1v) is 14.9. The van der Waals surface area contributed by atoms with Crippen LogP contribution in [-0.2, 0) is 26.2 Å². The van der Waals surface area contributed by atoms with Crippen LogP contribution in [0.25, 0.3) is 0 Å². The van der Waals surface area contributed by atoms with Crippen molar-refractivity contribution < 1.29 is 27.5 Å².